The van der Waals surface area contributed by atoms with E-state index in [0.29, 0.717) is 12.6 Å². The topological polar surface area (TPSA) is 56.6 Å². The molecular weight excluding hydrogens is 350 g/mol. The molecule has 1 saturated heterocycles. The van der Waals surface area contributed by atoms with E-state index >= 15 is 0 Å². The highest BCUT2D eigenvalue weighted by Gasteiger charge is 2.29. The normalized spacial score (nSPS) is 17.7. The van der Waals surface area contributed by atoms with Gasteiger partial charge in [-0.15, -0.1) is 5.06 Å². The van der Waals surface area contributed by atoms with Crippen LogP contribution in [0.2, 0.25) is 0 Å². The molecule has 0 radical (unpaired) electrons. The Bertz CT molecular complexity index is 517. The van der Waals surface area contributed by atoms with Gasteiger partial charge in [0.15, 0.2) is 0 Å². The van der Waals surface area contributed by atoms with Crippen molar-refractivity contribution >= 4 is 21.9 Å². The molecule has 124 valence electrons. The molecule has 1 aromatic rings. The van der Waals surface area contributed by atoms with Crippen molar-refractivity contribution in [2.45, 2.75) is 46.3 Å². The number of methoxy groups -OCH3 is 1. The monoisotopic (exact) mass is 373 g/mol. The van der Waals surface area contributed by atoms with E-state index in [1.54, 1.807) is 12.2 Å². The molecule has 1 aliphatic heterocycles. The zero-order chi connectivity index (χ0) is 16.3. The maximum absolute atomic E-state index is 11.9. The lowest BCUT2D eigenvalue weighted by Crippen LogP contribution is -2.39. The number of hydrogen-bond acceptors (Lipinski definition) is 5. The molecule has 1 aliphatic rings. The first-order valence-corrected chi connectivity index (χ1v) is 8.30. The third-order valence-corrected chi connectivity index (χ3v) is 4.32. The number of aromatic nitrogens is 2. The predicted molar refractivity (Wildman–Crippen MR) is 86.0 cm³/mol. The van der Waals surface area contributed by atoms with E-state index in [9.17, 15) is 4.79 Å². The second-order valence-electron chi connectivity index (χ2n) is 6.63. The van der Waals surface area contributed by atoms with Crippen molar-refractivity contribution in [2.75, 3.05) is 20.2 Å². The average molecular weight is 374 g/mol. The van der Waals surface area contributed by atoms with E-state index in [1.807, 2.05) is 31.6 Å². The second-order valence-corrected chi connectivity index (χ2v) is 7.48. The van der Waals surface area contributed by atoms with Gasteiger partial charge in [-0.3, -0.25) is 4.68 Å². The van der Waals surface area contributed by atoms with Gasteiger partial charge in [0, 0.05) is 26.4 Å². The fourth-order valence-corrected chi connectivity index (χ4v) is 2.68. The summed E-state index contributed by atoms with van der Waals surface area (Å²) in [6.45, 7) is 7.53. The zero-order valence-electron chi connectivity index (χ0n) is 13.6. The first-order valence-electron chi connectivity index (χ1n) is 7.51. The summed E-state index contributed by atoms with van der Waals surface area (Å²) < 4.78 is 8.09. The largest absolute Gasteiger partial charge is 0.378 e. The van der Waals surface area contributed by atoms with E-state index in [-0.39, 0.29) is 5.97 Å². The minimum Gasteiger partial charge on any atom is -0.378 e. The number of halogens is 1. The molecule has 2 heterocycles. The standard InChI is InChI=1S/C15H24BrN3O3/c1-15(2,3)14(20)22-18-7-5-11(6-8-18)19-9-12(16)13(17-19)10-21-4/h9,11H,5-8,10H2,1-4H3. The Kier molecular flexibility index (Phi) is 5.63. The quantitative estimate of drug-likeness (QED) is 0.811. The van der Waals surface area contributed by atoms with Crippen molar-refractivity contribution in [3.8, 4) is 0 Å². The fourth-order valence-electron chi connectivity index (χ4n) is 2.28. The maximum Gasteiger partial charge on any atom is 0.330 e. The van der Waals surface area contributed by atoms with E-state index in [1.165, 1.54) is 0 Å². The molecule has 0 aliphatic carbocycles. The summed E-state index contributed by atoms with van der Waals surface area (Å²) in [5.41, 5.74) is 0.433. The predicted octanol–water partition coefficient (Wildman–Crippen LogP) is 2.93. The molecule has 7 heteroatoms. The number of nitrogens with zero attached hydrogens (tertiary/aromatic N) is 3. The molecule has 0 spiro atoms. The van der Waals surface area contributed by atoms with Gasteiger partial charge in [0.2, 0.25) is 0 Å². The molecule has 0 N–H and O–H groups in total. The van der Waals surface area contributed by atoms with Crippen LogP contribution in [-0.4, -0.2) is 41.0 Å². The first kappa shape index (κ1) is 17.4. The molecular formula is C15H24BrN3O3. The van der Waals surface area contributed by atoms with Gasteiger partial charge in [-0.25, -0.2) is 4.79 Å². The molecule has 1 fully saturated rings. The van der Waals surface area contributed by atoms with Crippen LogP contribution in [0.4, 0.5) is 0 Å². The van der Waals surface area contributed by atoms with Crippen LogP contribution in [0.3, 0.4) is 0 Å². The molecule has 2 rings (SSSR count). The van der Waals surface area contributed by atoms with Crippen molar-refractivity contribution in [1.29, 1.82) is 0 Å². The smallest absolute Gasteiger partial charge is 0.330 e. The average Bonchev–Trinajstić information content (AvgIpc) is 2.80. The second kappa shape index (κ2) is 7.10. The van der Waals surface area contributed by atoms with Crippen molar-refractivity contribution in [3.63, 3.8) is 0 Å². The molecule has 0 atom stereocenters. The highest BCUT2D eigenvalue weighted by Crippen LogP contribution is 2.26. The van der Waals surface area contributed by atoms with E-state index in [4.69, 9.17) is 9.57 Å². The van der Waals surface area contributed by atoms with E-state index in [2.05, 4.69) is 21.0 Å². The zero-order valence-corrected chi connectivity index (χ0v) is 15.2. The molecule has 1 aromatic heterocycles. The summed E-state index contributed by atoms with van der Waals surface area (Å²) in [6, 6.07) is 0.325. The van der Waals surface area contributed by atoms with Crippen LogP contribution >= 0.6 is 15.9 Å². The number of rotatable bonds is 4. The van der Waals surface area contributed by atoms with Gasteiger partial charge in [0.1, 0.15) is 5.69 Å². The third kappa shape index (κ3) is 4.30. The minimum atomic E-state index is -0.473. The summed E-state index contributed by atoms with van der Waals surface area (Å²) in [7, 11) is 1.66. The van der Waals surface area contributed by atoms with E-state index < -0.39 is 5.41 Å². The van der Waals surface area contributed by atoms with Crippen LogP contribution in [0.1, 0.15) is 45.3 Å². The van der Waals surface area contributed by atoms with Crippen LogP contribution in [0, 0.1) is 5.41 Å². The lowest BCUT2D eigenvalue weighted by Gasteiger charge is -2.32. The van der Waals surface area contributed by atoms with Gasteiger partial charge in [-0.1, -0.05) is 0 Å². The number of carbonyl (C=O) groups is 1. The number of ether oxygens (including phenoxy) is 1. The van der Waals surface area contributed by atoms with Crippen LogP contribution in [0.15, 0.2) is 10.7 Å². The van der Waals surface area contributed by atoms with Crippen LogP contribution in [0.25, 0.3) is 0 Å². The number of piperidine rings is 1. The Morgan fingerprint density at radius 3 is 2.59 bits per heavy atom. The summed E-state index contributed by atoms with van der Waals surface area (Å²) in [5.74, 6) is -0.185. The number of hydrogen-bond donors (Lipinski definition) is 0. The minimum absolute atomic E-state index is 0.185. The Morgan fingerprint density at radius 1 is 1.41 bits per heavy atom. The third-order valence-electron chi connectivity index (χ3n) is 3.66. The van der Waals surface area contributed by atoms with Gasteiger partial charge < -0.3 is 9.57 Å². The van der Waals surface area contributed by atoms with Crippen molar-refractivity contribution in [2.24, 2.45) is 5.41 Å². The molecule has 0 unspecified atom stereocenters. The van der Waals surface area contributed by atoms with Gasteiger partial charge >= 0.3 is 5.97 Å². The summed E-state index contributed by atoms with van der Waals surface area (Å²) in [4.78, 5) is 17.3. The highest BCUT2D eigenvalue weighted by atomic mass is 79.9. The van der Waals surface area contributed by atoms with Gasteiger partial charge in [0.05, 0.1) is 22.5 Å². The highest BCUT2D eigenvalue weighted by molar-refractivity contribution is 9.10. The fraction of sp³-hybridized carbons (Fsp3) is 0.733. The lowest BCUT2D eigenvalue weighted by atomic mass is 9.98. The first-order chi connectivity index (χ1) is 10.3. The van der Waals surface area contributed by atoms with Gasteiger partial charge in [-0.05, 0) is 49.5 Å². The lowest BCUT2D eigenvalue weighted by molar-refractivity contribution is -0.205. The van der Waals surface area contributed by atoms with Crippen molar-refractivity contribution < 1.29 is 14.4 Å². The Balaban J connectivity index is 1.89. The molecule has 0 aromatic carbocycles. The maximum atomic E-state index is 11.9. The summed E-state index contributed by atoms with van der Waals surface area (Å²) in [6.07, 6.45) is 3.80. The molecule has 22 heavy (non-hydrogen) atoms. The molecule has 0 amide bonds. The van der Waals surface area contributed by atoms with Crippen LogP contribution in [-0.2, 0) is 21.0 Å². The summed E-state index contributed by atoms with van der Waals surface area (Å²) >= 11 is 3.51. The number of hydroxylamine groups is 2. The Labute approximate surface area is 139 Å². The van der Waals surface area contributed by atoms with Gasteiger partial charge in [0.25, 0.3) is 0 Å². The number of carbonyl (C=O) groups excluding carboxylic acids is 1. The summed E-state index contributed by atoms with van der Waals surface area (Å²) in [5, 5.41) is 6.33. The van der Waals surface area contributed by atoms with Crippen LogP contribution < -0.4 is 0 Å². The van der Waals surface area contributed by atoms with E-state index in [0.717, 1.165) is 36.1 Å². The van der Waals surface area contributed by atoms with Crippen molar-refractivity contribution in [1.82, 2.24) is 14.8 Å². The Hall–Kier alpha value is -0.920. The molecule has 6 nitrogen and oxygen atoms in total. The van der Waals surface area contributed by atoms with Crippen LogP contribution in [0.5, 0.6) is 0 Å². The molecule has 0 saturated carbocycles. The Morgan fingerprint density at radius 2 is 2.05 bits per heavy atom. The molecule has 0 bridgehead atoms. The SMILES string of the molecule is COCc1nn(C2CCN(OC(=O)C(C)(C)C)CC2)cc1Br. The van der Waals surface area contributed by atoms with Crippen molar-refractivity contribution in [3.05, 3.63) is 16.4 Å². The van der Waals surface area contributed by atoms with Gasteiger partial charge in [-0.2, -0.15) is 5.10 Å².